The number of Topliss-reactive ketones (excluding diaryl/α,β-unsaturated/α-hetero) is 1. The molecule has 0 unspecified atom stereocenters. The van der Waals surface area contributed by atoms with Gasteiger partial charge in [-0.25, -0.2) is 0 Å². The molecule has 0 radical (unpaired) electrons. The summed E-state index contributed by atoms with van der Waals surface area (Å²) in [6, 6.07) is 39.0. The van der Waals surface area contributed by atoms with Crippen molar-refractivity contribution in [3.63, 3.8) is 0 Å². The van der Waals surface area contributed by atoms with Crippen molar-refractivity contribution in [3.8, 4) is 11.1 Å². The normalized spacial score (nSPS) is 12.5. The van der Waals surface area contributed by atoms with E-state index in [0.29, 0.717) is 6.42 Å². The molecule has 2 heteroatoms. The SMILES string of the molecule is C[C@H](CC(C(=O)c1ccc(-c2ccccc2)cc1)(c1ccccc1)c1ccccc1)N(C)C. The molecule has 2 nitrogen and oxygen atoms in total. The van der Waals surface area contributed by atoms with E-state index >= 15 is 0 Å². The Hall–Kier alpha value is -3.49. The van der Waals surface area contributed by atoms with E-state index in [2.05, 4.69) is 74.4 Å². The molecule has 0 aliphatic carbocycles. The van der Waals surface area contributed by atoms with Gasteiger partial charge in [-0.15, -0.1) is 0 Å². The maximum Gasteiger partial charge on any atom is 0.177 e. The average Bonchev–Trinajstić information content (AvgIpc) is 2.88. The van der Waals surface area contributed by atoms with Crippen LogP contribution in [0.3, 0.4) is 0 Å². The van der Waals surface area contributed by atoms with Crippen LogP contribution in [0.1, 0.15) is 34.8 Å². The molecule has 0 aliphatic rings. The predicted molar refractivity (Wildman–Crippen MR) is 138 cm³/mol. The van der Waals surface area contributed by atoms with Crippen molar-refractivity contribution < 1.29 is 4.79 Å². The highest BCUT2D eigenvalue weighted by Gasteiger charge is 2.43. The van der Waals surface area contributed by atoms with Crippen LogP contribution >= 0.6 is 0 Å². The van der Waals surface area contributed by atoms with Gasteiger partial charge in [0.25, 0.3) is 0 Å². The van der Waals surface area contributed by atoms with Crippen molar-refractivity contribution in [1.29, 1.82) is 0 Å². The fraction of sp³-hybridized carbons (Fsp3) is 0.194. The zero-order valence-electron chi connectivity index (χ0n) is 19.6. The maximum absolute atomic E-state index is 14.5. The van der Waals surface area contributed by atoms with Crippen molar-refractivity contribution in [1.82, 2.24) is 4.90 Å². The highest BCUT2D eigenvalue weighted by molar-refractivity contribution is 6.06. The smallest absolute Gasteiger partial charge is 0.177 e. The van der Waals surface area contributed by atoms with E-state index in [9.17, 15) is 4.79 Å². The molecule has 0 aromatic heterocycles. The molecule has 0 aliphatic heterocycles. The molecule has 166 valence electrons. The second-order valence-electron chi connectivity index (χ2n) is 8.93. The molecule has 0 fully saturated rings. The summed E-state index contributed by atoms with van der Waals surface area (Å²) in [7, 11) is 4.15. The van der Waals surface area contributed by atoms with E-state index in [1.165, 1.54) is 0 Å². The molecule has 4 aromatic rings. The van der Waals surface area contributed by atoms with Gasteiger partial charge in [-0.3, -0.25) is 4.79 Å². The Morgan fingerprint density at radius 2 is 1.09 bits per heavy atom. The van der Waals surface area contributed by atoms with Crippen LogP contribution in [0.4, 0.5) is 0 Å². The predicted octanol–water partition coefficient (Wildman–Crippen LogP) is 6.86. The van der Waals surface area contributed by atoms with E-state index in [1.807, 2.05) is 66.7 Å². The van der Waals surface area contributed by atoms with E-state index in [1.54, 1.807) is 0 Å². The van der Waals surface area contributed by atoms with Crippen LogP contribution in [0.15, 0.2) is 115 Å². The van der Waals surface area contributed by atoms with Crippen LogP contribution in [-0.4, -0.2) is 30.8 Å². The minimum Gasteiger partial charge on any atom is -0.307 e. The van der Waals surface area contributed by atoms with E-state index in [-0.39, 0.29) is 11.8 Å². The molecule has 0 spiro atoms. The van der Waals surface area contributed by atoms with Crippen LogP contribution in [0.5, 0.6) is 0 Å². The van der Waals surface area contributed by atoms with Gasteiger partial charge in [-0.05, 0) is 49.7 Å². The summed E-state index contributed by atoms with van der Waals surface area (Å²) >= 11 is 0. The molecule has 0 N–H and O–H groups in total. The zero-order chi connectivity index (χ0) is 23.3. The Morgan fingerprint density at radius 1 is 0.667 bits per heavy atom. The number of rotatable bonds is 8. The largest absolute Gasteiger partial charge is 0.307 e. The fourth-order valence-electron chi connectivity index (χ4n) is 4.52. The third kappa shape index (κ3) is 4.67. The molecule has 33 heavy (non-hydrogen) atoms. The van der Waals surface area contributed by atoms with Gasteiger partial charge in [0, 0.05) is 11.6 Å². The quantitative estimate of drug-likeness (QED) is 0.283. The summed E-state index contributed by atoms with van der Waals surface area (Å²) in [5.74, 6) is 0.133. The maximum atomic E-state index is 14.5. The first kappa shape index (κ1) is 22.7. The number of carbonyl (C=O) groups is 1. The molecule has 4 rings (SSSR count). The summed E-state index contributed by atoms with van der Waals surface area (Å²) in [4.78, 5) is 16.6. The van der Waals surface area contributed by atoms with Crippen LogP contribution < -0.4 is 0 Å². The summed E-state index contributed by atoms with van der Waals surface area (Å²) in [5, 5.41) is 0. The molecular formula is C31H31NO. The van der Waals surface area contributed by atoms with Gasteiger partial charge in [0.2, 0.25) is 0 Å². The number of ketones is 1. The first-order valence-electron chi connectivity index (χ1n) is 11.5. The first-order valence-corrected chi connectivity index (χ1v) is 11.5. The van der Waals surface area contributed by atoms with Crippen molar-refractivity contribution >= 4 is 5.78 Å². The number of carbonyl (C=O) groups excluding carboxylic acids is 1. The van der Waals surface area contributed by atoms with Gasteiger partial charge in [0.05, 0.1) is 5.41 Å². The Bertz CT molecular complexity index is 1130. The Balaban J connectivity index is 1.85. The molecule has 0 saturated heterocycles. The van der Waals surface area contributed by atoms with Gasteiger partial charge in [0.15, 0.2) is 5.78 Å². The van der Waals surface area contributed by atoms with Crippen LogP contribution in [-0.2, 0) is 5.41 Å². The summed E-state index contributed by atoms with van der Waals surface area (Å²) in [5.41, 5.74) is 4.27. The lowest BCUT2D eigenvalue weighted by Gasteiger charge is -2.38. The fourth-order valence-corrected chi connectivity index (χ4v) is 4.52. The summed E-state index contributed by atoms with van der Waals surface area (Å²) in [6.45, 7) is 2.19. The second-order valence-corrected chi connectivity index (χ2v) is 8.93. The van der Waals surface area contributed by atoms with Crippen molar-refractivity contribution in [2.24, 2.45) is 0 Å². The topological polar surface area (TPSA) is 20.3 Å². The van der Waals surface area contributed by atoms with Crippen LogP contribution in [0, 0.1) is 0 Å². The second kappa shape index (κ2) is 9.97. The van der Waals surface area contributed by atoms with E-state index in [0.717, 1.165) is 27.8 Å². The highest BCUT2D eigenvalue weighted by atomic mass is 16.1. The number of benzene rings is 4. The third-order valence-electron chi connectivity index (χ3n) is 6.66. The van der Waals surface area contributed by atoms with Gasteiger partial charge < -0.3 is 4.90 Å². The van der Waals surface area contributed by atoms with Gasteiger partial charge >= 0.3 is 0 Å². The molecular weight excluding hydrogens is 402 g/mol. The number of nitrogens with zero attached hydrogens (tertiary/aromatic N) is 1. The molecule has 1 atom stereocenters. The standard InChI is InChI=1S/C31H31NO/c1-24(32(2)3)23-31(28-15-9-5-10-16-28,29-17-11-6-12-18-29)30(33)27-21-19-26(20-22-27)25-13-7-4-8-14-25/h4-22,24H,23H2,1-3H3/t24-/m1/s1. The molecule has 0 heterocycles. The molecule has 0 amide bonds. The Morgan fingerprint density at radius 3 is 1.55 bits per heavy atom. The first-order chi connectivity index (χ1) is 16.0. The Labute approximate surface area is 197 Å². The lowest BCUT2D eigenvalue weighted by molar-refractivity contribution is 0.0882. The van der Waals surface area contributed by atoms with Gasteiger partial charge in [-0.2, -0.15) is 0 Å². The summed E-state index contributed by atoms with van der Waals surface area (Å²) < 4.78 is 0. The monoisotopic (exact) mass is 433 g/mol. The van der Waals surface area contributed by atoms with Gasteiger partial charge in [0.1, 0.15) is 0 Å². The van der Waals surface area contributed by atoms with Crippen molar-refractivity contribution in [2.45, 2.75) is 24.8 Å². The van der Waals surface area contributed by atoms with Crippen molar-refractivity contribution in [3.05, 3.63) is 132 Å². The average molecular weight is 434 g/mol. The highest BCUT2D eigenvalue weighted by Crippen LogP contribution is 2.41. The molecule has 4 aromatic carbocycles. The third-order valence-corrected chi connectivity index (χ3v) is 6.66. The van der Waals surface area contributed by atoms with E-state index in [4.69, 9.17) is 0 Å². The number of hydrogen-bond donors (Lipinski definition) is 0. The summed E-state index contributed by atoms with van der Waals surface area (Å²) in [6.07, 6.45) is 0.688. The van der Waals surface area contributed by atoms with Crippen LogP contribution in [0.2, 0.25) is 0 Å². The van der Waals surface area contributed by atoms with E-state index < -0.39 is 5.41 Å². The molecule has 0 saturated carbocycles. The lowest BCUT2D eigenvalue weighted by atomic mass is 9.66. The van der Waals surface area contributed by atoms with Crippen LogP contribution in [0.25, 0.3) is 11.1 Å². The van der Waals surface area contributed by atoms with Crippen molar-refractivity contribution in [2.75, 3.05) is 14.1 Å². The minimum atomic E-state index is -0.777. The Kier molecular flexibility index (Phi) is 6.86. The minimum absolute atomic E-state index is 0.133. The molecule has 0 bridgehead atoms. The lowest BCUT2D eigenvalue weighted by Crippen LogP contribution is -2.43. The zero-order valence-corrected chi connectivity index (χ0v) is 19.6. The van der Waals surface area contributed by atoms with Gasteiger partial charge in [-0.1, -0.05) is 115 Å². The number of hydrogen-bond acceptors (Lipinski definition) is 2.